The zero-order valence-corrected chi connectivity index (χ0v) is 16.1. The third-order valence-electron chi connectivity index (χ3n) is 4.96. The van der Waals surface area contributed by atoms with Gasteiger partial charge in [-0.3, -0.25) is 9.59 Å². The second-order valence-corrected chi connectivity index (χ2v) is 6.76. The summed E-state index contributed by atoms with van der Waals surface area (Å²) in [6.45, 7) is 3.35. The fraction of sp³-hybridized carbons (Fsp3) is 0.381. The average molecular weight is 382 g/mol. The molecular formula is C21H26N4O3. The molecule has 1 fully saturated rings. The van der Waals surface area contributed by atoms with Crippen LogP contribution in [0.15, 0.2) is 53.7 Å². The van der Waals surface area contributed by atoms with Gasteiger partial charge in [0.05, 0.1) is 17.7 Å². The van der Waals surface area contributed by atoms with E-state index in [0.717, 1.165) is 5.92 Å². The summed E-state index contributed by atoms with van der Waals surface area (Å²) in [6, 6.07) is 9.18. The number of hydrogen-bond donors (Lipinski definition) is 1. The van der Waals surface area contributed by atoms with Crippen molar-refractivity contribution in [1.82, 2.24) is 14.2 Å². The minimum absolute atomic E-state index is 0.167. The van der Waals surface area contributed by atoms with Crippen LogP contribution in [0.3, 0.4) is 0 Å². The van der Waals surface area contributed by atoms with Gasteiger partial charge in [0.15, 0.2) is 0 Å². The Hall–Kier alpha value is -2.93. The van der Waals surface area contributed by atoms with Gasteiger partial charge in [0.2, 0.25) is 5.91 Å². The zero-order chi connectivity index (χ0) is 19.9. The molecule has 2 N–H and O–H groups in total. The quantitative estimate of drug-likeness (QED) is 0.663. The van der Waals surface area contributed by atoms with Crippen LogP contribution in [-0.2, 0) is 11.3 Å². The molecule has 1 aliphatic carbocycles. The molecule has 0 atom stereocenters. The molecule has 7 nitrogen and oxygen atoms in total. The minimum atomic E-state index is -0.542. The lowest BCUT2D eigenvalue weighted by Gasteiger charge is -2.26. The first-order valence-electron chi connectivity index (χ1n) is 9.60. The molecule has 148 valence electrons. The van der Waals surface area contributed by atoms with E-state index < -0.39 is 5.91 Å². The van der Waals surface area contributed by atoms with E-state index in [1.54, 1.807) is 0 Å². The monoisotopic (exact) mass is 382 g/mol. The predicted molar refractivity (Wildman–Crippen MR) is 107 cm³/mol. The van der Waals surface area contributed by atoms with Gasteiger partial charge >= 0.3 is 0 Å². The second-order valence-electron chi connectivity index (χ2n) is 6.76. The van der Waals surface area contributed by atoms with E-state index in [1.807, 2.05) is 23.8 Å². The number of fused-ring (bicyclic) bond motifs is 1. The van der Waals surface area contributed by atoms with Gasteiger partial charge in [-0.25, -0.2) is 4.52 Å². The number of nitrogens with two attached hydrogens (primary N) is 1. The van der Waals surface area contributed by atoms with Gasteiger partial charge in [0, 0.05) is 37.8 Å². The van der Waals surface area contributed by atoms with Crippen molar-refractivity contribution in [3.63, 3.8) is 0 Å². The van der Waals surface area contributed by atoms with E-state index in [0.29, 0.717) is 25.3 Å². The Bertz CT molecular complexity index is 988. The Morgan fingerprint density at radius 2 is 2.11 bits per heavy atom. The number of ether oxygens (including phenoxy) is 1. The Morgan fingerprint density at radius 1 is 1.29 bits per heavy atom. The van der Waals surface area contributed by atoms with Crippen molar-refractivity contribution < 1.29 is 9.53 Å². The summed E-state index contributed by atoms with van der Waals surface area (Å²) in [5.74, 6) is 0.251. The van der Waals surface area contributed by atoms with Crippen molar-refractivity contribution in [3.8, 4) is 0 Å². The van der Waals surface area contributed by atoms with E-state index >= 15 is 0 Å². The van der Waals surface area contributed by atoms with Gasteiger partial charge < -0.3 is 15.0 Å². The van der Waals surface area contributed by atoms with Gasteiger partial charge in [-0.05, 0) is 49.4 Å². The number of primary amides is 1. The number of carbonyl (C=O) groups is 1. The van der Waals surface area contributed by atoms with Crippen LogP contribution in [0.2, 0.25) is 0 Å². The van der Waals surface area contributed by atoms with Crippen LogP contribution in [0.1, 0.15) is 48.0 Å². The van der Waals surface area contributed by atoms with Gasteiger partial charge in [0.25, 0.3) is 5.56 Å². The zero-order valence-electron chi connectivity index (χ0n) is 16.1. The lowest BCUT2D eigenvalue weighted by atomic mass is 9.80. The first-order chi connectivity index (χ1) is 13.6. The Kier molecular flexibility index (Phi) is 6.60. The van der Waals surface area contributed by atoms with Crippen LogP contribution in [0.25, 0.3) is 5.52 Å². The van der Waals surface area contributed by atoms with Crippen LogP contribution in [0.5, 0.6) is 0 Å². The van der Waals surface area contributed by atoms with Gasteiger partial charge in [0.1, 0.15) is 0 Å². The highest BCUT2D eigenvalue weighted by Gasteiger charge is 2.21. The first-order valence-corrected chi connectivity index (χ1v) is 9.60. The van der Waals surface area contributed by atoms with Crippen LogP contribution >= 0.6 is 0 Å². The largest absolute Gasteiger partial charge is 0.380 e. The number of rotatable bonds is 6. The fourth-order valence-electron chi connectivity index (χ4n) is 3.20. The highest BCUT2D eigenvalue weighted by atomic mass is 16.5. The molecule has 0 aliphatic heterocycles. The molecule has 3 aromatic heterocycles. The maximum atomic E-state index is 11.3. The smallest absolute Gasteiger partial charge is 0.250 e. The van der Waals surface area contributed by atoms with E-state index in [1.165, 1.54) is 53.2 Å². The van der Waals surface area contributed by atoms with Crippen LogP contribution < -0.4 is 11.3 Å². The number of hydrogen-bond acceptors (Lipinski definition) is 4. The molecule has 1 saturated carbocycles. The van der Waals surface area contributed by atoms with Crippen LogP contribution in [-0.4, -0.2) is 33.3 Å². The number of carbonyl (C=O) groups excluding carboxylic acids is 1. The first kappa shape index (κ1) is 19.8. The van der Waals surface area contributed by atoms with Crippen molar-refractivity contribution >= 4 is 11.4 Å². The summed E-state index contributed by atoms with van der Waals surface area (Å²) in [5.41, 5.74) is 8.02. The Balaban J connectivity index is 0.000000162. The lowest BCUT2D eigenvalue weighted by Crippen LogP contribution is -2.24. The van der Waals surface area contributed by atoms with Gasteiger partial charge in [-0.1, -0.05) is 12.5 Å². The maximum absolute atomic E-state index is 11.3. The fourth-order valence-corrected chi connectivity index (χ4v) is 3.20. The van der Waals surface area contributed by atoms with Crippen molar-refractivity contribution in [2.45, 2.75) is 38.6 Å². The lowest BCUT2D eigenvalue weighted by molar-refractivity contribution is 0.0998. The normalized spacial score (nSPS) is 13.6. The van der Waals surface area contributed by atoms with Crippen molar-refractivity contribution in [1.29, 1.82) is 0 Å². The summed E-state index contributed by atoms with van der Waals surface area (Å²) in [7, 11) is 0. The molecule has 0 saturated heterocycles. The van der Waals surface area contributed by atoms with Gasteiger partial charge in [-0.2, -0.15) is 5.10 Å². The average Bonchev–Trinajstić information content (AvgIpc) is 3.12. The second kappa shape index (κ2) is 9.32. The SMILES string of the molecule is CCOCCn1cc(C(N)=O)ccc1=O.c1cc(C2CCC2)c2ccnn2c1. The molecule has 7 heteroatoms. The van der Waals surface area contributed by atoms with E-state index in [-0.39, 0.29) is 5.56 Å². The summed E-state index contributed by atoms with van der Waals surface area (Å²) < 4.78 is 8.50. The molecular weight excluding hydrogens is 356 g/mol. The summed E-state index contributed by atoms with van der Waals surface area (Å²) >= 11 is 0. The van der Waals surface area contributed by atoms with Crippen LogP contribution in [0, 0.1) is 0 Å². The molecule has 0 bridgehead atoms. The number of pyridine rings is 2. The maximum Gasteiger partial charge on any atom is 0.250 e. The highest BCUT2D eigenvalue weighted by Crippen LogP contribution is 2.37. The minimum Gasteiger partial charge on any atom is -0.380 e. The summed E-state index contributed by atoms with van der Waals surface area (Å²) in [6.07, 6.45) is 9.42. The van der Waals surface area contributed by atoms with E-state index in [9.17, 15) is 9.59 Å². The third-order valence-corrected chi connectivity index (χ3v) is 4.96. The molecule has 3 heterocycles. The molecule has 0 radical (unpaired) electrons. The number of nitrogens with zero attached hydrogens (tertiary/aromatic N) is 3. The third kappa shape index (κ3) is 4.67. The molecule has 1 aliphatic rings. The molecule has 3 aromatic rings. The molecule has 4 rings (SSSR count). The molecule has 1 amide bonds. The number of amides is 1. The highest BCUT2D eigenvalue weighted by molar-refractivity contribution is 5.92. The van der Waals surface area contributed by atoms with E-state index in [4.69, 9.17) is 10.5 Å². The predicted octanol–water partition coefficient (Wildman–Crippen LogP) is 2.59. The number of aromatic nitrogens is 3. The molecule has 0 unspecified atom stereocenters. The summed E-state index contributed by atoms with van der Waals surface area (Å²) in [5, 5.41) is 4.24. The Morgan fingerprint density at radius 3 is 2.79 bits per heavy atom. The molecule has 0 aromatic carbocycles. The van der Waals surface area contributed by atoms with Crippen LogP contribution in [0.4, 0.5) is 0 Å². The topological polar surface area (TPSA) is 91.6 Å². The van der Waals surface area contributed by atoms with Crippen molar-refractivity contribution in [2.24, 2.45) is 5.73 Å². The van der Waals surface area contributed by atoms with Gasteiger partial charge in [-0.15, -0.1) is 0 Å². The summed E-state index contributed by atoms with van der Waals surface area (Å²) in [4.78, 5) is 22.2. The standard InChI is InChI=1S/C11H12N2.C10H14N2O3/c1-3-9(4-1)10-5-2-8-13-11(10)6-7-12-13;1-2-15-6-5-12-7-8(10(11)14)3-4-9(12)13/h2,5-9H,1,3-4H2;3-4,7H,2,5-6H2,1H3,(H2,11,14). The van der Waals surface area contributed by atoms with Crippen molar-refractivity contribution in [3.05, 3.63) is 70.4 Å². The van der Waals surface area contributed by atoms with E-state index in [2.05, 4.69) is 23.3 Å². The molecule has 28 heavy (non-hydrogen) atoms. The van der Waals surface area contributed by atoms with Crippen molar-refractivity contribution in [2.75, 3.05) is 13.2 Å². The molecule has 0 spiro atoms. The Labute approximate surface area is 163 Å².